The molecule has 0 atom stereocenters. The van der Waals surface area contributed by atoms with Crippen molar-refractivity contribution < 1.29 is 4.79 Å². The SMILES string of the molecule is O=C(CSc1nnc(NC2CC2)s1)N1CCC(c2ccccc2)=N1. The minimum atomic E-state index is 0.0119. The number of rotatable bonds is 6. The van der Waals surface area contributed by atoms with Crippen LogP contribution in [0.2, 0.25) is 0 Å². The quantitative estimate of drug-likeness (QED) is 0.803. The number of hydrogen-bond acceptors (Lipinski definition) is 7. The molecule has 4 rings (SSSR count). The average molecular weight is 359 g/mol. The average Bonchev–Trinajstić information content (AvgIpc) is 3.11. The molecule has 1 saturated carbocycles. The van der Waals surface area contributed by atoms with Crippen LogP contribution in [-0.2, 0) is 4.79 Å². The molecular weight excluding hydrogens is 342 g/mol. The van der Waals surface area contributed by atoms with E-state index in [0.29, 0.717) is 18.3 Å². The first-order chi connectivity index (χ1) is 11.8. The van der Waals surface area contributed by atoms with Crippen molar-refractivity contribution in [1.82, 2.24) is 15.2 Å². The summed E-state index contributed by atoms with van der Waals surface area (Å²) in [6.07, 6.45) is 3.21. The van der Waals surface area contributed by atoms with Gasteiger partial charge in [0.1, 0.15) is 0 Å². The molecule has 0 bridgehead atoms. The predicted molar refractivity (Wildman–Crippen MR) is 96.6 cm³/mol. The maximum Gasteiger partial charge on any atom is 0.253 e. The zero-order valence-corrected chi connectivity index (χ0v) is 14.6. The number of amides is 1. The highest BCUT2D eigenvalue weighted by Gasteiger charge is 2.24. The minimum absolute atomic E-state index is 0.0119. The van der Waals surface area contributed by atoms with Gasteiger partial charge in [-0.3, -0.25) is 4.79 Å². The number of carbonyl (C=O) groups is 1. The summed E-state index contributed by atoms with van der Waals surface area (Å²) in [5.74, 6) is 0.349. The molecule has 0 spiro atoms. The number of nitrogens with one attached hydrogen (secondary N) is 1. The molecule has 8 heteroatoms. The standard InChI is InChI=1S/C16H17N5OS2/c22-14(10-23-16-19-18-15(24-16)17-12-6-7-12)21-9-8-13(20-21)11-4-2-1-3-5-11/h1-5,12H,6-10H2,(H,17,18). The molecule has 2 heterocycles. The van der Waals surface area contributed by atoms with Crippen LogP contribution in [-0.4, -0.2) is 45.2 Å². The van der Waals surface area contributed by atoms with E-state index >= 15 is 0 Å². The Hall–Kier alpha value is -1.93. The molecule has 124 valence electrons. The Bertz CT molecular complexity index is 757. The van der Waals surface area contributed by atoms with Crippen LogP contribution < -0.4 is 5.32 Å². The number of nitrogens with zero attached hydrogens (tertiary/aromatic N) is 4. The predicted octanol–water partition coefficient (Wildman–Crippen LogP) is 2.84. The van der Waals surface area contributed by atoms with E-state index < -0.39 is 0 Å². The summed E-state index contributed by atoms with van der Waals surface area (Å²) in [7, 11) is 0. The van der Waals surface area contributed by atoms with Crippen LogP contribution in [0.4, 0.5) is 5.13 Å². The van der Waals surface area contributed by atoms with E-state index in [1.54, 1.807) is 5.01 Å². The van der Waals surface area contributed by atoms with Gasteiger partial charge in [0.25, 0.3) is 5.91 Å². The van der Waals surface area contributed by atoms with Crippen molar-refractivity contribution in [3.05, 3.63) is 35.9 Å². The summed E-state index contributed by atoms with van der Waals surface area (Å²) in [5.41, 5.74) is 2.06. The fourth-order valence-electron chi connectivity index (χ4n) is 2.40. The van der Waals surface area contributed by atoms with E-state index in [9.17, 15) is 4.79 Å². The Morgan fingerprint density at radius 1 is 1.29 bits per heavy atom. The van der Waals surface area contributed by atoms with Crippen LogP contribution in [0.3, 0.4) is 0 Å². The topological polar surface area (TPSA) is 70.5 Å². The third kappa shape index (κ3) is 3.76. The van der Waals surface area contributed by atoms with Gasteiger partial charge >= 0.3 is 0 Å². The zero-order chi connectivity index (χ0) is 16.4. The fraction of sp³-hybridized carbons (Fsp3) is 0.375. The van der Waals surface area contributed by atoms with Crippen LogP contribution in [0.25, 0.3) is 0 Å². The first-order valence-electron chi connectivity index (χ1n) is 7.94. The summed E-state index contributed by atoms with van der Waals surface area (Å²) < 4.78 is 0.818. The second-order valence-electron chi connectivity index (χ2n) is 5.76. The number of benzene rings is 1. The molecule has 0 saturated heterocycles. The molecule has 6 nitrogen and oxygen atoms in total. The van der Waals surface area contributed by atoms with E-state index in [-0.39, 0.29) is 5.91 Å². The highest BCUT2D eigenvalue weighted by molar-refractivity contribution is 8.01. The molecule has 1 N–H and O–H groups in total. The van der Waals surface area contributed by atoms with Crippen molar-refractivity contribution in [3.8, 4) is 0 Å². The second-order valence-corrected chi connectivity index (χ2v) is 7.96. The van der Waals surface area contributed by atoms with Gasteiger partial charge in [-0.2, -0.15) is 5.10 Å². The number of carbonyl (C=O) groups excluding carboxylic acids is 1. The molecule has 0 radical (unpaired) electrons. The van der Waals surface area contributed by atoms with Crippen molar-refractivity contribution in [2.45, 2.75) is 29.6 Å². The Morgan fingerprint density at radius 2 is 2.12 bits per heavy atom. The third-order valence-corrected chi connectivity index (χ3v) is 5.80. The summed E-state index contributed by atoms with van der Waals surface area (Å²) in [5, 5.41) is 18.4. The normalized spacial score (nSPS) is 17.0. The van der Waals surface area contributed by atoms with Crippen LogP contribution in [0, 0.1) is 0 Å². The highest BCUT2D eigenvalue weighted by atomic mass is 32.2. The van der Waals surface area contributed by atoms with Crippen molar-refractivity contribution in [1.29, 1.82) is 0 Å². The lowest BCUT2D eigenvalue weighted by Crippen LogP contribution is -2.25. The van der Waals surface area contributed by atoms with Crippen LogP contribution >= 0.6 is 23.1 Å². The first-order valence-corrected chi connectivity index (χ1v) is 9.74. The number of aromatic nitrogens is 2. The van der Waals surface area contributed by atoms with Crippen LogP contribution in [0.5, 0.6) is 0 Å². The maximum atomic E-state index is 12.3. The molecule has 1 aliphatic carbocycles. The third-order valence-electron chi connectivity index (χ3n) is 3.83. The summed E-state index contributed by atoms with van der Waals surface area (Å²) in [6, 6.07) is 10.6. The molecular formula is C16H17N5OS2. The van der Waals surface area contributed by atoms with Gasteiger partial charge in [-0.15, -0.1) is 10.2 Å². The second kappa shape index (κ2) is 6.90. The lowest BCUT2D eigenvalue weighted by Gasteiger charge is -2.09. The number of anilines is 1. The molecule has 1 aromatic carbocycles. The molecule has 2 aromatic rings. The molecule has 24 heavy (non-hydrogen) atoms. The van der Waals surface area contributed by atoms with Crippen molar-refractivity contribution >= 4 is 39.8 Å². The number of hydrogen-bond donors (Lipinski definition) is 1. The Labute approximate surface area is 148 Å². The van der Waals surface area contributed by atoms with Crippen molar-refractivity contribution in [2.75, 3.05) is 17.6 Å². The Kier molecular flexibility index (Phi) is 4.48. The van der Waals surface area contributed by atoms with Gasteiger partial charge in [0, 0.05) is 12.5 Å². The fourth-order valence-corrected chi connectivity index (χ4v) is 4.10. The van der Waals surface area contributed by atoms with E-state index in [1.807, 2.05) is 30.3 Å². The van der Waals surface area contributed by atoms with Gasteiger partial charge in [0.2, 0.25) is 5.13 Å². The number of hydrazone groups is 1. The molecule has 0 unspecified atom stereocenters. The lowest BCUT2D eigenvalue weighted by atomic mass is 10.1. The summed E-state index contributed by atoms with van der Waals surface area (Å²) in [6.45, 7) is 0.647. The smallest absolute Gasteiger partial charge is 0.253 e. The van der Waals surface area contributed by atoms with Gasteiger partial charge < -0.3 is 5.32 Å². The van der Waals surface area contributed by atoms with E-state index in [4.69, 9.17) is 0 Å². The molecule has 1 aromatic heterocycles. The molecule has 2 aliphatic rings. The largest absolute Gasteiger partial charge is 0.357 e. The summed E-state index contributed by atoms with van der Waals surface area (Å²) in [4.78, 5) is 12.3. The molecule has 1 amide bonds. The van der Waals surface area contributed by atoms with E-state index in [2.05, 4.69) is 20.6 Å². The molecule has 1 fully saturated rings. The first kappa shape index (κ1) is 15.6. The zero-order valence-electron chi connectivity index (χ0n) is 13.0. The Balaban J connectivity index is 1.31. The molecule has 1 aliphatic heterocycles. The van der Waals surface area contributed by atoms with Gasteiger partial charge in [0.15, 0.2) is 4.34 Å². The van der Waals surface area contributed by atoms with Crippen LogP contribution in [0.1, 0.15) is 24.8 Å². The van der Waals surface area contributed by atoms with Crippen molar-refractivity contribution in [2.24, 2.45) is 5.10 Å². The summed E-state index contributed by atoms with van der Waals surface area (Å²) >= 11 is 2.93. The maximum absolute atomic E-state index is 12.3. The highest BCUT2D eigenvalue weighted by Crippen LogP contribution is 2.30. The minimum Gasteiger partial charge on any atom is -0.357 e. The lowest BCUT2D eigenvalue weighted by molar-refractivity contribution is -0.127. The van der Waals surface area contributed by atoms with Crippen molar-refractivity contribution in [3.63, 3.8) is 0 Å². The van der Waals surface area contributed by atoms with Crippen LogP contribution in [0.15, 0.2) is 39.8 Å². The van der Waals surface area contributed by atoms with E-state index in [1.165, 1.54) is 35.9 Å². The number of thioether (sulfide) groups is 1. The van der Waals surface area contributed by atoms with E-state index in [0.717, 1.165) is 27.2 Å². The van der Waals surface area contributed by atoms with Gasteiger partial charge in [0.05, 0.1) is 18.0 Å². The van der Waals surface area contributed by atoms with Gasteiger partial charge in [-0.1, -0.05) is 53.4 Å². The monoisotopic (exact) mass is 359 g/mol. The Morgan fingerprint density at radius 3 is 2.92 bits per heavy atom. The van der Waals surface area contributed by atoms with Gasteiger partial charge in [-0.25, -0.2) is 5.01 Å². The van der Waals surface area contributed by atoms with Gasteiger partial charge in [-0.05, 0) is 18.4 Å².